The highest BCUT2D eigenvalue weighted by Crippen LogP contribution is 2.45. The Morgan fingerprint density at radius 1 is 0.643 bits per heavy atom. The van der Waals surface area contributed by atoms with E-state index in [9.17, 15) is 44.0 Å². The van der Waals surface area contributed by atoms with Gasteiger partial charge in [-0.2, -0.15) is 0 Å². The first-order valence-electron chi connectivity index (χ1n) is 20.4. The molecule has 4 aromatic rings. The maximum atomic E-state index is 13.5. The Kier molecular flexibility index (Phi) is 18.3. The summed E-state index contributed by atoms with van der Waals surface area (Å²) in [6, 6.07) is 6.07. The number of nitrogens with zero attached hydrogens (tertiary/aromatic N) is 8. The number of sulfone groups is 2. The van der Waals surface area contributed by atoms with Gasteiger partial charge in [-0.1, -0.05) is 35.3 Å². The fraction of sp³-hybridized carbons (Fsp3) is 0.450. The lowest BCUT2D eigenvalue weighted by Gasteiger charge is -2.22. The van der Waals surface area contributed by atoms with E-state index in [1.165, 1.54) is 103 Å². The van der Waals surface area contributed by atoms with Gasteiger partial charge in [-0.25, -0.2) is 64.3 Å². The van der Waals surface area contributed by atoms with Gasteiger partial charge < -0.3 is 18.9 Å². The van der Waals surface area contributed by atoms with Gasteiger partial charge in [0.05, 0.1) is 34.8 Å². The zero-order valence-electron chi connectivity index (χ0n) is 37.8. The number of hydrazine groups is 2. The summed E-state index contributed by atoms with van der Waals surface area (Å²) >= 11 is 11.6. The van der Waals surface area contributed by atoms with E-state index in [1.54, 1.807) is 0 Å². The summed E-state index contributed by atoms with van der Waals surface area (Å²) in [5.41, 5.74) is 9.06. The van der Waals surface area contributed by atoms with Crippen molar-refractivity contribution >= 4 is 66.4 Å². The van der Waals surface area contributed by atoms with Gasteiger partial charge in [0, 0.05) is 64.0 Å². The first-order chi connectivity index (χ1) is 32.9. The summed E-state index contributed by atoms with van der Waals surface area (Å²) in [6.45, 7) is 2.73. The number of halogens is 6. The van der Waals surface area contributed by atoms with Crippen molar-refractivity contribution in [3.63, 3.8) is 0 Å². The van der Waals surface area contributed by atoms with Crippen LogP contribution in [-0.4, -0.2) is 145 Å². The maximum Gasteiger partial charge on any atom is 0.288 e. The molecule has 0 spiro atoms. The molecule has 6 atom stereocenters. The molecular formula is C40H46Cl2F4N12O10S2. The molecule has 2 aliphatic rings. The molecule has 4 aromatic heterocycles. The smallest absolute Gasteiger partial charge is 0.288 e. The van der Waals surface area contributed by atoms with Gasteiger partial charge in [-0.15, -0.1) is 0 Å². The zero-order valence-corrected chi connectivity index (χ0v) is 41.0. The van der Waals surface area contributed by atoms with E-state index in [1.807, 2.05) is 0 Å². The molecule has 2 unspecified atom stereocenters. The number of aromatic nitrogens is 6. The van der Waals surface area contributed by atoms with E-state index in [0.717, 1.165) is 0 Å². The van der Waals surface area contributed by atoms with Gasteiger partial charge in [0.25, 0.3) is 23.7 Å². The molecule has 2 aliphatic carbocycles. The standard InChI is InChI=1S/2C20H23ClF2N6O5S/c2*1-11(17(34-3)18-24-8-12(21)9-25-18)35(31,32)10-15(27-14-7-20(14,22)23)28-29-19(30)13-5-4-6-16(26-13)33-2/h2*4-6,8-9,11,14,17H,7,10H2,1-3H3,(H,27,28)(H,29,30)/t2*11-,14?,17-/m00/s1. The molecule has 2 amide bonds. The number of hydrogen-bond acceptors (Lipinski definition) is 18. The molecule has 2 saturated carbocycles. The van der Waals surface area contributed by atoms with E-state index >= 15 is 0 Å². The van der Waals surface area contributed by atoms with E-state index in [-0.39, 0.29) is 56.5 Å². The average Bonchev–Trinajstić information content (AvgIpc) is 4.16. The zero-order chi connectivity index (χ0) is 51.6. The molecule has 30 heteroatoms. The van der Waals surface area contributed by atoms with Gasteiger partial charge in [-0.3, -0.25) is 41.3 Å². The largest absolute Gasteiger partial charge is 0.481 e. The van der Waals surface area contributed by atoms with Crippen LogP contribution in [0.5, 0.6) is 11.8 Å². The number of amides is 2. The Morgan fingerprint density at radius 3 is 1.26 bits per heavy atom. The van der Waals surface area contributed by atoms with Crippen molar-refractivity contribution in [3.05, 3.63) is 94.3 Å². The SMILES string of the molecule is COc1cccc(C(=O)NNC(CS(=O)(=O)[C@@H](C)[C@H](OC)c2ncc(Cl)cn2)=NC2CC2(F)F)n1.COc1cccc(C(=O)NNC(CS(=O)(=O)[C@@H](C)[C@H](OC)c2ncc(Cl)cn2)=NC2CC2(F)F)n1. The lowest BCUT2D eigenvalue weighted by Crippen LogP contribution is -2.46. The van der Waals surface area contributed by atoms with Crippen LogP contribution >= 0.6 is 23.2 Å². The summed E-state index contributed by atoms with van der Waals surface area (Å²) in [6.07, 6.45) is 1.97. The number of hydrogen-bond donors (Lipinski definition) is 4. The molecule has 0 bridgehead atoms. The maximum absolute atomic E-state index is 13.5. The average molecular weight is 1070 g/mol. The van der Waals surface area contributed by atoms with Crippen molar-refractivity contribution in [2.24, 2.45) is 9.98 Å². The predicted molar refractivity (Wildman–Crippen MR) is 244 cm³/mol. The highest BCUT2D eigenvalue weighted by atomic mass is 35.5. The minimum atomic E-state index is -4.07. The number of alkyl halides is 4. The number of carbonyl (C=O) groups is 2. The third kappa shape index (κ3) is 15.0. The van der Waals surface area contributed by atoms with Gasteiger partial charge in [0.1, 0.15) is 58.9 Å². The Balaban J connectivity index is 0.000000261. The minimum Gasteiger partial charge on any atom is -0.481 e. The Bertz CT molecular complexity index is 2580. The first-order valence-corrected chi connectivity index (χ1v) is 24.6. The van der Waals surface area contributed by atoms with Gasteiger partial charge in [0.2, 0.25) is 11.8 Å². The van der Waals surface area contributed by atoms with Crippen molar-refractivity contribution in [1.82, 2.24) is 51.6 Å². The monoisotopic (exact) mass is 1060 g/mol. The molecule has 2 fully saturated rings. The quantitative estimate of drug-likeness (QED) is 0.0480. The highest BCUT2D eigenvalue weighted by molar-refractivity contribution is 7.93. The number of pyridine rings is 2. The molecule has 0 aliphatic heterocycles. The Morgan fingerprint density at radius 2 is 0.971 bits per heavy atom. The van der Waals surface area contributed by atoms with Crippen molar-refractivity contribution in [2.45, 2.75) is 73.3 Å². The molecule has 6 rings (SSSR count). The highest BCUT2D eigenvalue weighted by Gasteiger charge is 2.58. The molecule has 0 radical (unpaired) electrons. The van der Waals surface area contributed by atoms with Crippen molar-refractivity contribution in [1.29, 1.82) is 0 Å². The number of methoxy groups -OCH3 is 4. The molecular weight excluding hydrogens is 1020 g/mol. The van der Waals surface area contributed by atoms with E-state index < -0.39 is 102 Å². The minimum absolute atomic E-state index is 0.0523. The molecule has 4 heterocycles. The van der Waals surface area contributed by atoms with Crippen LogP contribution in [0.25, 0.3) is 0 Å². The van der Waals surface area contributed by atoms with Gasteiger partial charge in [-0.05, 0) is 26.0 Å². The molecule has 0 aromatic carbocycles. The second-order valence-corrected chi connectivity index (χ2v) is 20.8. The summed E-state index contributed by atoms with van der Waals surface area (Å²) < 4.78 is 127. The number of ether oxygens (including phenoxy) is 4. The van der Waals surface area contributed by atoms with E-state index in [4.69, 9.17) is 42.1 Å². The summed E-state index contributed by atoms with van der Waals surface area (Å²) in [7, 11) is -2.83. The van der Waals surface area contributed by atoms with Crippen LogP contribution in [0.4, 0.5) is 17.6 Å². The Labute approximate surface area is 408 Å². The van der Waals surface area contributed by atoms with Crippen LogP contribution in [0, 0.1) is 0 Å². The normalized spacial score (nSPS) is 18.9. The number of aliphatic imine (C=N–C) groups is 2. The Hall–Kier alpha value is -5.94. The number of amidine groups is 2. The van der Waals surface area contributed by atoms with Crippen LogP contribution in [0.1, 0.15) is 71.5 Å². The number of nitrogens with one attached hydrogen (secondary N) is 4. The van der Waals surface area contributed by atoms with Crippen LogP contribution in [0.3, 0.4) is 0 Å². The molecule has 70 heavy (non-hydrogen) atoms. The molecule has 22 nitrogen and oxygen atoms in total. The molecule has 0 saturated heterocycles. The first kappa shape index (κ1) is 55.0. The van der Waals surface area contributed by atoms with Gasteiger partial charge in [0.15, 0.2) is 31.3 Å². The third-order valence-corrected chi connectivity index (χ3v) is 14.6. The van der Waals surface area contributed by atoms with Crippen molar-refractivity contribution < 1.29 is 62.9 Å². The van der Waals surface area contributed by atoms with Crippen LogP contribution in [0.2, 0.25) is 10.0 Å². The van der Waals surface area contributed by atoms with Gasteiger partial charge >= 0.3 is 0 Å². The second-order valence-electron chi connectivity index (χ2n) is 15.3. The van der Waals surface area contributed by atoms with Crippen LogP contribution in [-0.2, 0) is 29.1 Å². The number of rotatable bonds is 18. The lowest BCUT2D eigenvalue weighted by molar-refractivity contribution is 0.0929. The second kappa shape index (κ2) is 23.3. The van der Waals surface area contributed by atoms with Crippen LogP contribution < -0.4 is 31.2 Å². The third-order valence-electron chi connectivity index (χ3n) is 10.1. The topological polar surface area (TPSA) is 290 Å². The van der Waals surface area contributed by atoms with Crippen LogP contribution in [0.15, 0.2) is 71.2 Å². The van der Waals surface area contributed by atoms with Crippen molar-refractivity contribution in [2.75, 3.05) is 39.9 Å². The summed E-state index contributed by atoms with van der Waals surface area (Å²) in [4.78, 5) is 56.3. The fourth-order valence-electron chi connectivity index (χ4n) is 5.93. The summed E-state index contributed by atoms with van der Waals surface area (Å²) in [5, 5.41) is -1.89. The predicted octanol–water partition coefficient (Wildman–Crippen LogP) is 3.53. The molecule has 4 N–H and O–H groups in total. The lowest BCUT2D eigenvalue weighted by atomic mass is 10.2. The van der Waals surface area contributed by atoms with Crippen molar-refractivity contribution in [3.8, 4) is 11.8 Å². The van der Waals surface area contributed by atoms with E-state index in [2.05, 4.69) is 61.6 Å². The summed E-state index contributed by atoms with van der Waals surface area (Å²) in [5.74, 6) is -9.44. The van der Waals surface area contributed by atoms with E-state index in [0.29, 0.717) is 0 Å². The fourth-order valence-corrected chi connectivity index (χ4v) is 8.93. The molecule has 380 valence electrons. The number of carbonyl (C=O) groups excluding carboxylic acids is 2.